The van der Waals surface area contributed by atoms with E-state index in [9.17, 15) is 10.1 Å². The first-order valence-electron chi connectivity index (χ1n) is 5.02. The van der Waals surface area contributed by atoms with Crippen LogP contribution in [0.2, 0.25) is 0 Å². The molecular formula is C10H12BrN3O2. The van der Waals surface area contributed by atoms with Gasteiger partial charge in [-0.25, -0.2) is 0 Å². The number of hydrogen-bond donors (Lipinski definition) is 1. The molecule has 1 aromatic carbocycles. The van der Waals surface area contributed by atoms with Gasteiger partial charge in [-0.2, -0.15) is 0 Å². The van der Waals surface area contributed by atoms with Gasteiger partial charge in [-0.1, -0.05) is 0 Å². The van der Waals surface area contributed by atoms with Crippen LogP contribution in [-0.2, 0) is 0 Å². The first-order chi connectivity index (χ1) is 7.58. The van der Waals surface area contributed by atoms with E-state index < -0.39 is 4.92 Å². The highest BCUT2D eigenvalue weighted by molar-refractivity contribution is 9.10. The van der Waals surface area contributed by atoms with Gasteiger partial charge in [-0.05, 0) is 28.4 Å². The Morgan fingerprint density at radius 1 is 1.56 bits per heavy atom. The third-order valence-electron chi connectivity index (χ3n) is 2.71. The second-order valence-electron chi connectivity index (χ2n) is 3.89. The molecule has 2 rings (SSSR count). The Balaban J connectivity index is 2.26. The molecule has 1 unspecified atom stereocenters. The van der Waals surface area contributed by atoms with Crippen molar-refractivity contribution in [2.45, 2.75) is 12.5 Å². The fourth-order valence-electron chi connectivity index (χ4n) is 1.87. The number of rotatable bonds is 2. The highest BCUT2D eigenvalue weighted by atomic mass is 79.9. The molecule has 6 heteroatoms. The van der Waals surface area contributed by atoms with Gasteiger partial charge in [0.1, 0.15) is 0 Å². The zero-order valence-electron chi connectivity index (χ0n) is 8.60. The summed E-state index contributed by atoms with van der Waals surface area (Å²) >= 11 is 3.36. The Bertz CT molecular complexity index is 425. The molecule has 5 nitrogen and oxygen atoms in total. The van der Waals surface area contributed by atoms with Gasteiger partial charge in [0.25, 0.3) is 5.69 Å². The number of nitrogens with two attached hydrogens (primary N) is 1. The highest BCUT2D eigenvalue weighted by Crippen LogP contribution is 2.31. The summed E-state index contributed by atoms with van der Waals surface area (Å²) in [6.45, 7) is 1.70. The largest absolute Gasteiger partial charge is 0.369 e. The molecule has 0 amide bonds. The molecule has 0 aliphatic carbocycles. The summed E-state index contributed by atoms with van der Waals surface area (Å²) < 4.78 is 0.746. The maximum absolute atomic E-state index is 10.6. The lowest BCUT2D eigenvalue weighted by molar-refractivity contribution is -0.384. The molecule has 1 aliphatic heterocycles. The van der Waals surface area contributed by atoms with Crippen molar-refractivity contribution >= 4 is 27.3 Å². The molecule has 0 saturated carbocycles. The van der Waals surface area contributed by atoms with Gasteiger partial charge in [0.05, 0.1) is 10.6 Å². The molecule has 0 radical (unpaired) electrons. The van der Waals surface area contributed by atoms with Crippen LogP contribution >= 0.6 is 15.9 Å². The summed E-state index contributed by atoms with van der Waals surface area (Å²) in [5.41, 5.74) is 6.89. The lowest BCUT2D eigenvalue weighted by atomic mass is 10.2. The zero-order valence-corrected chi connectivity index (χ0v) is 10.2. The number of benzene rings is 1. The van der Waals surface area contributed by atoms with Crippen LogP contribution in [0, 0.1) is 10.1 Å². The minimum atomic E-state index is -0.399. The third-order valence-corrected chi connectivity index (χ3v) is 3.34. The first kappa shape index (κ1) is 11.3. The molecule has 86 valence electrons. The predicted octanol–water partition coefficient (Wildman–Crippen LogP) is 1.89. The molecule has 16 heavy (non-hydrogen) atoms. The van der Waals surface area contributed by atoms with E-state index in [0.717, 1.165) is 29.7 Å². The molecule has 1 heterocycles. The summed E-state index contributed by atoms with van der Waals surface area (Å²) in [5, 5.41) is 10.6. The minimum absolute atomic E-state index is 0.0964. The van der Waals surface area contributed by atoms with Crippen LogP contribution in [0.3, 0.4) is 0 Å². The average Bonchev–Trinajstić information content (AvgIpc) is 2.64. The number of nitrogens with zero attached hydrogens (tertiary/aromatic N) is 2. The summed E-state index contributed by atoms with van der Waals surface area (Å²) in [4.78, 5) is 12.3. The van der Waals surface area contributed by atoms with E-state index in [1.165, 1.54) is 12.1 Å². The summed E-state index contributed by atoms with van der Waals surface area (Å²) in [6, 6.07) is 5.01. The summed E-state index contributed by atoms with van der Waals surface area (Å²) in [5.74, 6) is 0. The van der Waals surface area contributed by atoms with Crippen molar-refractivity contribution in [1.82, 2.24) is 0 Å². The van der Waals surface area contributed by atoms with E-state index in [0.29, 0.717) is 0 Å². The van der Waals surface area contributed by atoms with Crippen LogP contribution in [0.4, 0.5) is 11.4 Å². The SMILES string of the molecule is NC1CCN(c2ccc([N+](=O)[O-])cc2Br)C1. The van der Waals surface area contributed by atoms with E-state index in [4.69, 9.17) is 5.73 Å². The highest BCUT2D eigenvalue weighted by Gasteiger charge is 2.21. The Labute approximate surface area is 102 Å². The molecule has 0 bridgehead atoms. The normalized spacial score (nSPS) is 20.1. The minimum Gasteiger partial charge on any atom is -0.369 e. The first-order valence-corrected chi connectivity index (χ1v) is 5.81. The van der Waals surface area contributed by atoms with Crippen molar-refractivity contribution in [2.75, 3.05) is 18.0 Å². The maximum Gasteiger partial charge on any atom is 0.270 e. The zero-order chi connectivity index (χ0) is 11.7. The monoisotopic (exact) mass is 285 g/mol. The fraction of sp³-hybridized carbons (Fsp3) is 0.400. The van der Waals surface area contributed by atoms with Crippen LogP contribution in [0.5, 0.6) is 0 Å². The molecule has 1 atom stereocenters. The van der Waals surface area contributed by atoms with E-state index in [-0.39, 0.29) is 11.7 Å². The Morgan fingerprint density at radius 2 is 2.31 bits per heavy atom. The molecule has 0 aromatic heterocycles. The molecule has 1 fully saturated rings. The van der Waals surface area contributed by atoms with Crippen molar-refractivity contribution in [1.29, 1.82) is 0 Å². The lowest BCUT2D eigenvalue weighted by Gasteiger charge is -2.19. The lowest BCUT2D eigenvalue weighted by Crippen LogP contribution is -2.26. The van der Waals surface area contributed by atoms with E-state index in [2.05, 4.69) is 20.8 Å². The molecule has 1 saturated heterocycles. The maximum atomic E-state index is 10.6. The predicted molar refractivity (Wildman–Crippen MR) is 65.6 cm³/mol. The van der Waals surface area contributed by atoms with Crippen molar-refractivity contribution in [3.8, 4) is 0 Å². The molecule has 1 aliphatic rings. The van der Waals surface area contributed by atoms with E-state index >= 15 is 0 Å². The van der Waals surface area contributed by atoms with Gasteiger partial charge in [-0.15, -0.1) is 0 Å². The Morgan fingerprint density at radius 3 is 2.81 bits per heavy atom. The van der Waals surface area contributed by atoms with Crippen molar-refractivity contribution in [2.24, 2.45) is 5.73 Å². The third kappa shape index (κ3) is 2.17. The molecule has 2 N–H and O–H groups in total. The smallest absolute Gasteiger partial charge is 0.270 e. The number of hydrogen-bond acceptors (Lipinski definition) is 4. The number of nitro benzene ring substituents is 1. The van der Waals surface area contributed by atoms with Crippen molar-refractivity contribution in [3.05, 3.63) is 32.8 Å². The number of anilines is 1. The van der Waals surface area contributed by atoms with Gasteiger partial charge in [0.15, 0.2) is 0 Å². The summed E-state index contributed by atoms with van der Waals surface area (Å²) in [7, 11) is 0. The molecule has 0 spiro atoms. The Kier molecular flexibility index (Phi) is 3.11. The number of nitro groups is 1. The van der Waals surface area contributed by atoms with E-state index in [1.54, 1.807) is 6.07 Å². The number of halogens is 1. The van der Waals surface area contributed by atoms with Gasteiger partial charge in [0, 0.05) is 35.7 Å². The van der Waals surface area contributed by atoms with Crippen LogP contribution in [0.15, 0.2) is 22.7 Å². The molecular weight excluding hydrogens is 274 g/mol. The number of non-ortho nitro benzene ring substituents is 1. The Hall–Kier alpha value is -1.14. The van der Waals surface area contributed by atoms with Crippen LogP contribution < -0.4 is 10.6 Å². The topological polar surface area (TPSA) is 72.4 Å². The second-order valence-corrected chi connectivity index (χ2v) is 4.74. The molecule has 1 aromatic rings. The standard InChI is InChI=1S/C10H12BrN3O2/c11-9-5-8(14(15)16)1-2-10(9)13-4-3-7(12)6-13/h1-2,5,7H,3-4,6,12H2. The van der Waals surface area contributed by atoms with Gasteiger partial charge >= 0.3 is 0 Å². The van der Waals surface area contributed by atoms with Gasteiger partial charge in [0.2, 0.25) is 0 Å². The van der Waals surface area contributed by atoms with Gasteiger partial charge in [-0.3, -0.25) is 10.1 Å². The van der Waals surface area contributed by atoms with Crippen LogP contribution in [0.1, 0.15) is 6.42 Å². The van der Waals surface area contributed by atoms with Crippen LogP contribution in [0.25, 0.3) is 0 Å². The van der Waals surface area contributed by atoms with E-state index in [1.807, 2.05) is 0 Å². The van der Waals surface area contributed by atoms with Crippen molar-refractivity contribution in [3.63, 3.8) is 0 Å². The quantitative estimate of drug-likeness (QED) is 0.665. The second kappa shape index (κ2) is 4.39. The van der Waals surface area contributed by atoms with Crippen molar-refractivity contribution < 1.29 is 4.92 Å². The van der Waals surface area contributed by atoms with Crippen LogP contribution in [-0.4, -0.2) is 24.1 Å². The summed E-state index contributed by atoms with van der Waals surface area (Å²) in [6.07, 6.45) is 0.962. The average molecular weight is 286 g/mol. The fourth-order valence-corrected chi connectivity index (χ4v) is 2.49. The van der Waals surface area contributed by atoms with Gasteiger partial charge < -0.3 is 10.6 Å².